The topological polar surface area (TPSA) is 57.3 Å². The second-order valence-corrected chi connectivity index (χ2v) is 7.53. The molecule has 9 heteroatoms. The van der Waals surface area contributed by atoms with E-state index in [2.05, 4.69) is 22.2 Å². The van der Waals surface area contributed by atoms with Gasteiger partial charge in [-0.15, -0.1) is 0 Å². The van der Waals surface area contributed by atoms with Crippen LogP contribution in [0.3, 0.4) is 0 Å². The summed E-state index contributed by atoms with van der Waals surface area (Å²) < 4.78 is 54.0. The van der Waals surface area contributed by atoms with Gasteiger partial charge in [-0.05, 0) is 55.8 Å². The maximum atomic E-state index is 14.0. The molecule has 1 amide bonds. The number of nitrogens with one attached hydrogen (secondary N) is 2. The lowest BCUT2D eigenvalue weighted by molar-refractivity contribution is -0.141. The number of halogens is 4. The quantitative estimate of drug-likeness (QED) is 0.249. The summed E-state index contributed by atoms with van der Waals surface area (Å²) in [6.07, 6.45) is 4.53. The maximum absolute atomic E-state index is 14.0. The Morgan fingerprint density at radius 3 is 2.49 bits per heavy atom. The molecule has 0 aliphatic carbocycles. The van der Waals surface area contributed by atoms with Gasteiger partial charge < -0.3 is 15.5 Å². The van der Waals surface area contributed by atoms with Crippen LogP contribution in [0.4, 0.5) is 29.1 Å². The van der Waals surface area contributed by atoms with E-state index in [1.54, 1.807) is 64.4 Å². The number of rotatable bonds is 9. The third-order valence-corrected chi connectivity index (χ3v) is 5.14. The highest BCUT2D eigenvalue weighted by atomic mass is 19.4. The maximum Gasteiger partial charge on any atom is 0.433 e. The minimum absolute atomic E-state index is 0.0171. The average molecular weight is 489 g/mol. The molecule has 2 N–H and O–H groups in total. The van der Waals surface area contributed by atoms with Crippen LogP contribution in [0.15, 0.2) is 73.0 Å². The molecular weight excluding hydrogens is 460 g/mol. The fourth-order valence-electron chi connectivity index (χ4n) is 3.22. The lowest BCUT2D eigenvalue weighted by Gasteiger charge is -2.22. The fourth-order valence-corrected chi connectivity index (χ4v) is 3.22. The van der Waals surface area contributed by atoms with Gasteiger partial charge in [-0.3, -0.25) is 4.79 Å². The smallest absolute Gasteiger partial charge is 0.386 e. The highest BCUT2D eigenvalue weighted by Gasteiger charge is 2.33. The lowest BCUT2D eigenvalue weighted by Crippen LogP contribution is -2.25. The SMILES string of the molecule is C=C/C=C\C(=C/C)N(C)c1nc(C(F)(F)F)ccc1/C=C/C(=O)NC(C)c1ccc(NC)c(F)c1. The Kier molecular flexibility index (Phi) is 9.39. The predicted molar refractivity (Wildman–Crippen MR) is 132 cm³/mol. The molecule has 1 aromatic carbocycles. The number of pyridine rings is 1. The van der Waals surface area contributed by atoms with Gasteiger partial charge >= 0.3 is 6.18 Å². The summed E-state index contributed by atoms with van der Waals surface area (Å²) in [4.78, 5) is 17.8. The molecule has 0 saturated heterocycles. The summed E-state index contributed by atoms with van der Waals surface area (Å²) in [5.41, 5.74) is 0.731. The molecule has 0 aliphatic heterocycles. The Morgan fingerprint density at radius 2 is 1.91 bits per heavy atom. The summed E-state index contributed by atoms with van der Waals surface area (Å²) in [7, 11) is 3.18. The van der Waals surface area contributed by atoms with Gasteiger partial charge in [-0.25, -0.2) is 9.37 Å². The summed E-state index contributed by atoms with van der Waals surface area (Å²) in [5.74, 6) is -0.930. The molecule has 0 saturated carbocycles. The molecule has 2 aromatic rings. The number of nitrogens with zero attached hydrogens (tertiary/aromatic N) is 2. The second-order valence-electron chi connectivity index (χ2n) is 7.53. The van der Waals surface area contributed by atoms with E-state index in [9.17, 15) is 22.4 Å². The minimum atomic E-state index is -4.63. The van der Waals surface area contributed by atoms with Crippen LogP contribution >= 0.6 is 0 Å². The summed E-state index contributed by atoms with van der Waals surface area (Å²) >= 11 is 0. The van der Waals surface area contributed by atoms with Crippen molar-refractivity contribution in [3.8, 4) is 0 Å². The van der Waals surface area contributed by atoms with Crippen LogP contribution in [0.2, 0.25) is 0 Å². The lowest BCUT2D eigenvalue weighted by atomic mass is 10.1. The van der Waals surface area contributed by atoms with E-state index >= 15 is 0 Å². The number of likely N-dealkylation sites (N-methyl/N-ethyl adjacent to an activating group) is 1. The van der Waals surface area contributed by atoms with Gasteiger partial charge in [-0.2, -0.15) is 13.2 Å². The van der Waals surface area contributed by atoms with Crippen molar-refractivity contribution in [1.29, 1.82) is 0 Å². The van der Waals surface area contributed by atoms with E-state index in [-0.39, 0.29) is 5.82 Å². The summed E-state index contributed by atoms with van der Waals surface area (Å²) in [6.45, 7) is 7.03. The average Bonchev–Trinajstić information content (AvgIpc) is 2.82. The van der Waals surface area contributed by atoms with E-state index in [0.29, 0.717) is 22.5 Å². The van der Waals surface area contributed by atoms with Crippen molar-refractivity contribution in [3.05, 3.63) is 95.6 Å². The molecule has 35 heavy (non-hydrogen) atoms. The largest absolute Gasteiger partial charge is 0.433 e. The van der Waals surface area contributed by atoms with Crippen LogP contribution in [-0.4, -0.2) is 25.0 Å². The van der Waals surface area contributed by atoms with Gasteiger partial charge in [0.1, 0.15) is 17.3 Å². The van der Waals surface area contributed by atoms with Gasteiger partial charge in [0, 0.05) is 31.4 Å². The van der Waals surface area contributed by atoms with Crippen LogP contribution in [0.5, 0.6) is 0 Å². The van der Waals surface area contributed by atoms with Gasteiger partial charge in [0.15, 0.2) is 0 Å². The molecule has 0 spiro atoms. The Morgan fingerprint density at radius 1 is 1.20 bits per heavy atom. The minimum Gasteiger partial charge on any atom is -0.386 e. The molecule has 1 aromatic heterocycles. The fraction of sp³-hybridized carbons (Fsp3) is 0.231. The van der Waals surface area contributed by atoms with Crippen molar-refractivity contribution < 1.29 is 22.4 Å². The van der Waals surface area contributed by atoms with Crippen molar-refractivity contribution >= 4 is 23.5 Å². The highest BCUT2D eigenvalue weighted by molar-refractivity contribution is 5.92. The first kappa shape index (κ1) is 27.4. The molecule has 1 heterocycles. The number of carbonyl (C=O) groups is 1. The van der Waals surface area contributed by atoms with Crippen molar-refractivity contribution in [3.63, 3.8) is 0 Å². The zero-order valence-electron chi connectivity index (χ0n) is 19.9. The molecule has 5 nitrogen and oxygen atoms in total. The molecule has 1 atom stereocenters. The van der Waals surface area contributed by atoms with Gasteiger partial charge in [-0.1, -0.05) is 30.9 Å². The number of hydrogen-bond donors (Lipinski definition) is 2. The van der Waals surface area contributed by atoms with E-state index in [1.165, 1.54) is 29.2 Å². The monoisotopic (exact) mass is 488 g/mol. The Labute approximate surface area is 202 Å². The zero-order valence-corrected chi connectivity index (χ0v) is 19.9. The predicted octanol–water partition coefficient (Wildman–Crippen LogP) is 6.25. The Balaban J connectivity index is 2.32. The van der Waals surface area contributed by atoms with Crippen LogP contribution in [0, 0.1) is 5.82 Å². The summed E-state index contributed by atoms with van der Waals surface area (Å²) in [6, 6.07) is 6.19. The molecule has 0 radical (unpaired) electrons. The van der Waals surface area contributed by atoms with E-state index in [1.807, 2.05) is 0 Å². The molecule has 1 unspecified atom stereocenters. The molecule has 186 valence electrons. The second kappa shape index (κ2) is 12.0. The van der Waals surface area contributed by atoms with Crippen molar-refractivity contribution in [2.45, 2.75) is 26.1 Å². The molecule has 0 bridgehead atoms. The third kappa shape index (κ3) is 7.30. The zero-order chi connectivity index (χ0) is 26.2. The van der Waals surface area contributed by atoms with Crippen molar-refractivity contribution in [2.75, 3.05) is 24.3 Å². The molecule has 2 rings (SSSR count). The number of alkyl halides is 3. The molecule has 0 aliphatic rings. The Hall–Kier alpha value is -3.88. The van der Waals surface area contributed by atoms with Gasteiger partial charge in [0.05, 0.1) is 11.7 Å². The number of carbonyl (C=O) groups excluding carboxylic acids is 1. The van der Waals surface area contributed by atoms with E-state index in [4.69, 9.17) is 0 Å². The Bertz CT molecular complexity index is 1150. The number of allylic oxidation sites excluding steroid dienone is 4. The van der Waals surface area contributed by atoms with Crippen LogP contribution in [0.25, 0.3) is 6.08 Å². The highest BCUT2D eigenvalue weighted by Crippen LogP contribution is 2.32. The normalized spacial score (nSPS) is 13.2. The van der Waals surface area contributed by atoms with E-state index in [0.717, 1.165) is 6.07 Å². The van der Waals surface area contributed by atoms with Gasteiger partial charge in [0.2, 0.25) is 5.91 Å². The first-order valence-corrected chi connectivity index (χ1v) is 10.7. The molecular formula is C26H28F4N4O. The van der Waals surface area contributed by atoms with Gasteiger partial charge in [0.25, 0.3) is 0 Å². The number of benzene rings is 1. The standard InChI is InChI=1S/C26H28F4N4O/c1-6-8-9-20(7-2)34(5)25-18(11-14-23(33-25)26(28,29)30)12-15-24(35)32-17(3)19-10-13-22(31-4)21(27)16-19/h6-17,31H,1H2,2-5H3,(H,32,35)/b9-8-,15-12+,20-7+. The number of anilines is 2. The molecule has 0 fully saturated rings. The van der Waals surface area contributed by atoms with Crippen LogP contribution in [-0.2, 0) is 11.0 Å². The number of aromatic nitrogens is 1. The number of hydrogen-bond acceptors (Lipinski definition) is 4. The third-order valence-electron chi connectivity index (χ3n) is 5.14. The number of amides is 1. The van der Waals surface area contributed by atoms with Crippen LogP contribution in [0.1, 0.15) is 36.7 Å². The summed E-state index contributed by atoms with van der Waals surface area (Å²) in [5, 5.41) is 5.44. The van der Waals surface area contributed by atoms with Crippen molar-refractivity contribution in [2.24, 2.45) is 0 Å². The van der Waals surface area contributed by atoms with Crippen LogP contribution < -0.4 is 15.5 Å². The first-order chi connectivity index (χ1) is 16.5. The first-order valence-electron chi connectivity index (χ1n) is 10.7. The van der Waals surface area contributed by atoms with Crippen molar-refractivity contribution in [1.82, 2.24) is 10.3 Å². The van der Waals surface area contributed by atoms with E-state index < -0.39 is 29.6 Å².